The second-order valence-corrected chi connectivity index (χ2v) is 5.78. The number of unbranched alkanes of at least 4 members (excludes halogenated alkanes) is 8. The summed E-state index contributed by atoms with van der Waals surface area (Å²) in [7, 11) is 0. The van der Waals surface area contributed by atoms with E-state index in [1.165, 1.54) is 77.0 Å². The van der Waals surface area contributed by atoms with Gasteiger partial charge in [0, 0.05) is 6.61 Å². The van der Waals surface area contributed by atoms with Crippen molar-refractivity contribution >= 4 is 0 Å². The van der Waals surface area contributed by atoms with Gasteiger partial charge in [-0.15, -0.1) is 0 Å². The van der Waals surface area contributed by atoms with Crippen LogP contribution in [-0.4, -0.2) is 11.7 Å². The molecule has 0 bridgehead atoms. The summed E-state index contributed by atoms with van der Waals surface area (Å²) in [4.78, 5) is 0. The Hall–Kier alpha value is -0.0400. The summed E-state index contributed by atoms with van der Waals surface area (Å²) in [5.41, 5.74) is 0. The predicted molar refractivity (Wildman–Crippen MR) is 81.9 cm³/mol. The standard InChI is InChI=1S/C17H36O/c1-3-5-7-9-10-12-14-17(15-16-18)13-11-8-6-4-2/h17-18H,3-16H2,1-2H3/t17-/m1/s1. The summed E-state index contributed by atoms with van der Waals surface area (Å²) in [6.07, 6.45) is 17.5. The first-order valence-electron chi connectivity index (χ1n) is 8.46. The molecule has 1 N–H and O–H groups in total. The van der Waals surface area contributed by atoms with Crippen LogP contribution in [0.1, 0.15) is 97.3 Å². The Labute approximate surface area is 115 Å². The van der Waals surface area contributed by atoms with Gasteiger partial charge in [-0.2, -0.15) is 0 Å². The van der Waals surface area contributed by atoms with Gasteiger partial charge in [0.2, 0.25) is 0 Å². The van der Waals surface area contributed by atoms with Crippen LogP contribution in [0, 0.1) is 5.92 Å². The molecule has 1 heteroatoms. The number of aliphatic hydroxyl groups excluding tert-OH is 1. The Morgan fingerprint density at radius 1 is 0.611 bits per heavy atom. The molecule has 18 heavy (non-hydrogen) atoms. The van der Waals surface area contributed by atoms with E-state index in [4.69, 9.17) is 5.11 Å². The molecular formula is C17H36O. The summed E-state index contributed by atoms with van der Waals surface area (Å²) in [5.74, 6) is 0.790. The van der Waals surface area contributed by atoms with Gasteiger partial charge in [-0.25, -0.2) is 0 Å². The first kappa shape index (κ1) is 18.0. The topological polar surface area (TPSA) is 20.2 Å². The lowest BCUT2D eigenvalue weighted by Gasteiger charge is -2.15. The van der Waals surface area contributed by atoms with E-state index in [0.717, 1.165) is 12.3 Å². The van der Waals surface area contributed by atoms with Gasteiger partial charge >= 0.3 is 0 Å². The van der Waals surface area contributed by atoms with Crippen molar-refractivity contribution in [3.63, 3.8) is 0 Å². The summed E-state index contributed by atoms with van der Waals surface area (Å²) >= 11 is 0. The Kier molecular flexibility index (Phi) is 15.0. The molecular weight excluding hydrogens is 220 g/mol. The zero-order chi connectivity index (χ0) is 13.5. The third-order valence-electron chi connectivity index (χ3n) is 3.97. The molecule has 110 valence electrons. The molecule has 0 aliphatic rings. The van der Waals surface area contributed by atoms with E-state index in [-0.39, 0.29) is 0 Å². The van der Waals surface area contributed by atoms with Crippen LogP contribution in [0.15, 0.2) is 0 Å². The van der Waals surface area contributed by atoms with Gasteiger partial charge in [0.05, 0.1) is 0 Å². The molecule has 0 saturated heterocycles. The smallest absolute Gasteiger partial charge is 0.0433 e. The van der Waals surface area contributed by atoms with Crippen molar-refractivity contribution in [1.29, 1.82) is 0 Å². The first-order chi connectivity index (χ1) is 8.85. The summed E-state index contributed by atoms with van der Waals surface area (Å²) in [5, 5.41) is 9.11. The first-order valence-corrected chi connectivity index (χ1v) is 8.46. The van der Waals surface area contributed by atoms with Crippen LogP contribution in [0.2, 0.25) is 0 Å². The van der Waals surface area contributed by atoms with Crippen LogP contribution in [0.25, 0.3) is 0 Å². The lowest BCUT2D eigenvalue weighted by molar-refractivity contribution is 0.241. The maximum Gasteiger partial charge on any atom is 0.0433 e. The fourth-order valence-electron chi connectivity index (χ4n) is 2.69. The number of hydrogen-bond acceptors (Lipinski definition) is 1. The monoisotopic (exact) mass is 256 g/mol. The van der Waals surface area contributed by atoms with E-state index in [0.29, 0.717) is 6.61 Å². The molecule has 0 amide bonds. The molecule has 0 spiro atoms. The quantitative estimate of drug-likeness (QED) is 0.395. The summed E-state index contributed by atoms with van der Waals surface area (Å²) in [6.45, 7) is 4.92. The van der Waals surface area contributed by atoms with Crippen molar-refractivity contribution in [2.75, 3.05) is 6.61 Å². The molecule has 0 radical (unpaired) electrons. The molecule has 1 nitrogen and oxygen atoms in total. The highest BCUT2D eigenvalue weighted by atomic mass is 16.3. The lowest BCUT2D eigenvalue weighted by atomic mass is 9.92. The maximum absolute atomic E-state index is 9.11. The van der Waals surface area contributed by atoms with E-state index in [2.05, 4.69) is 13.8 Å². The average molecular weight is 256 g/mol. The van der Waals surface area contributed by atoms with Gasteiger partial charge in [-0.1, -0.05) is 90.9 Å². The summed E-state index contributed by atoms with van der Waals surface area (Å²) in [6, 6.07) is 0. The largest absolute Gasteiger partial charge is 0.396 e. The van der Waals surface area contributed by atoms with Crippen LogP contribution in [0.3, 0.4) is 0 Å². The number of hydrogen-bond donors (Lipinski definition) is 1. The molecule has 0 fully saturated rings. The van der Waals surface area contributed by atoms with Crippen LogP contribution in [0.5, 0.6) is 0 Å². The second kappa shape index (κ2) is 15.0. The maximum atomic E-state index is 9.11. The van der Waals surface area contributed by atoms with Gasteiger partial charge in [0.1, 0.15) is 0 Å². The highest BCUT2D eigenvalue weighted by Gasteiger charge is 2.07. The molecule has 0 aliphatic heterocycles. The van der Waals surface area contributed by atoms with Gasteiger partial charge in [-0.3, -0.25) is 0 Å². The van der Waals surface area contributed by atoms with Crippen molar-refractivity contribution < 1.29 is 5.11 Å². The fraction of sp³-hybridized carbons (Fsp3) is 1.00. The Bertz CT molecular complexity index is 145. The normalized spacial score (nSPS) is 12.8. The molecule has 1 atom stereocenters. The van der Waals surface area contributed by atoms with E-state index in [1.807, 2.05) is 0 Å². The molecule has 0 aromatic rings. The molecule has 0 aromatic heterocycles. The second-order valence-electron chi connectivity index (χ2n) is 5.78. The van der Waals surface area contributed by atoms with Crippen LogP contribution < -0.4 is 0 Å². The van der Waals surface area contributed by atoms with Gasteiger partial charge < -0.3 is 5.11 Å². The predicted octanol–water partition coefficient (Wildman–Crippen LogP) is 5.71. The molecule has 0 saturated carbocycles. The van der Waals surface area contributed by atoms with Crippen molar-refractivity contribution in [2.24, 2.45) is 5.92 Å². The zero-order valence-electron chi connectivity index (χ0n) is 12.9. The summed E-state index contributed by atoms with van der Waals surface area (Å²) < 4.78 is 0. The van der Waals surface area contributed by atoms with Gasteiger partial charge in [0.25, 0.3) is 0 Å². The van der Waals surface area contributed by atoms with E-state index in [9.17, 15) is 0 Å². The molecule has 0 aliphatic carbocycles. The molecule has 0 rings (SSSR count). The van der Waals surface area contributed by atoms with E-state index in [1.54, 1.807) is 0 Å². The van der Waals surface area contributed by atoms with Crippen molar-refractivity contribution in [1.82, 2.24) is 0 Å². The zero-order valence-corrected chi connectivity index (χ0v) is 12.9. The van der Waals surface area contributed by atoms with E-state index >= 15 is 0 Å². The SMILES string of the molecule is CCCCCCCC[C@H](CCO)CCCCCC. The Balaban J connectivity index is 3.44. The Morgan fingerprint density at radius 3 is 1.56 bits per heavy atom. The Morgan fingerprint density at radius 2 is 1.06 bits per heavy atom. The minimum atomic E-state index is 0.383. The van der Waals surface area contributed by atoms with E-state index < -0.39 is 0 Å². The lowest BCUT2D eigenvalue weighted by Crippen LogP contribution is -2.03. The van der Waals surface area contributed by atoms with Crippen molar-refractivity contribution in [3.05, 3.63) is 0 Å². The molecule has 0 heterocycles. The molecule has 0 unspecified atom stereocenters. The number of aliphatic hydroxyl groups is 1. The number of rotatable bonds is 14. The van der Waals surface area contributed by atoms with Crippen LogP contribution in [0.4, 0.5) is 0 Å². The van der Waals surface area contributed by atoms with Gasteiger partial charge in [0.15, 0.2) is 0 Å². The third-order valence-corrected chi connectivity index (χ3v) is 3.97. The van der Waals surface area contributed by atoms with Gasteiger partial charge in [-0.05, 0) is 12.3 Å². The van der Waals surface area contributed by atoms with Crippen molar-refractivity contribution in [2.45, 2.75) is 97.3 Å². The highest BCUT2D eigenvalue weighted by molar-refractivity contribution is 4.60. The fourth-order valence-corrected chi connectivity index (χ4v) is 2.69. The third kappa shape index (κ3) is 12.4. The van der Waals surface area contributed by atoms with Crippen LogP contribution >= 0.6 is 0 Å². The minimum Gasteiger partial charge on any atom is -0.396 e. The minimum absolute atomic E-state index is 0.383. The highest BCUT2D eigenvalue weighted by Crippen LogP contribution is 2.21. The molecule has 0 aromatic carbocycles. The van der Waals surface area contributed by atoms with Crippen LogP contribution in [-0.2, 0) is 0 Å². The van der Waals surface area contributed by atoms with Crippen molar-refractivity contribution in [3.8, 4) is 0 Å². The average Bonchev–Trinajstić information content (AvgIpc) is 2.38.